The summed E-state index contributed by atoms with van der Waals surface area (Å²) in [4.78, 5) is 27.8. The third-order valence-electron chi connectivity index (χ3n) is 7.19. The molecule has 39 heavy (non-hydrogen) atoms. The molecule has 3 aliphatic heterocycles. The molecule has 0 radical (unpaired) electrons. The fraction of sp³-hybridized carbons (Fsp3) is 0.333. The van der Waals surface area contributed by atoms with Crippen molar-refractivity contribution in [2.24, 2.45) is 0 Å². The molecule has 0 aliphatic carbocycles. The van der Waals surface area contributed by atoms with E-state index in [-0.39, 0.29) is 19.6 Å². The summed E-state index contributed by atoms with van der Waals surface area (Å²) in [6.45, 7) is 3.81. The number of amides is 1. The van der Waals surface area contributed by atoms with E-state index >= 15 is 0 Å². The van der Waals surface area contributed by atoms with Gasteiger partial charge >= 0.3 is 6.09 Å². The highest BCUT2D eigenvalue weighted by Crippen LogP contribution is 2.36. The van der Waals surface area contributed by atoms with E-state index in [1.807, 2.05) is 12.1 Å². The quantitative estimate of drug-likeness (QED) is 0.365. The van der Waals surface area contributed by atoms with Crippen molar-refractivity contribution in [1.82, 2.24) is 29.9 Å². The molecule has 4 aromatic rings. The maximum atomic E-state index is 13.0. The van der Waals surface area contributed by atoms with Crippen molar-refractivity contribution in [2.45, 2.75) is 19.3 Å². The molecule has 1 saturated heterocycles. The van der Waals surface area contributed by atoms with Crippen molar-refractivity contribution in [3.63, 3.8) is 0 Å². The molecular weight excluding hydrogens is 504 g/mol. The Morgan fingerprint density at radius 3 is 2.21 bits per heavy atom. The minimum Gasteiger partial charge on any atom is -0.467 e. The van der Waals surface area contributed by atoms with E-state index in [4.69, 9.17) is 23.8 Å². The molecule has 0 spiro atoms. The van der Waals surface area contributed by atoms with Gasteiger partial charge in [0.2, 0.25) is 5.65 Å². The van der Waals surface area contributed by atoms with Crippen molar-refractivity contribution in [3.05, 3.63) is 77.0 Å². The normalized spacial score (nSPS) is 17.3. The summed E-state index contributed by atoms with van der Waals surface area (Å²) < 4.78 is 22.3. The fourth-order valence-electron chi connectivity index (χ4n) is 5.27. The van der Waals surface area contributed by atoms with Crippen LogP contribution in [0.15, 0.2) is 54.7 Å². The Morgan fingerprint density at radius 1 is 0.872 bits per heavy atom. The Labute approximate surface area is 223 Å². The number of hydrogen-bond donors (Lipinski definition) is 0. The number of aromatic nitrogens is 4. The molecule has 5 heterocycles. The van der Waals surface area contributed by atoms with Gasteiger partial charge in [-0.3, -0.25) is 9.74 Å². The summed E-state index contributed by atoms with van der Waals surface area (Å²) in [5.74, 6) is 1.69. The minimum atomic E-state index is -0.491. The predicted molar refractivity (Wildman–Crippen MR) is 136 cm³/mol. The number of ether oxygens (including phenoxy) is 4. The molecule has 0 N–H and O–H groups in total. The number of benzene rings is 2. The van der Waals surface area contributed by atoms with E-state index in [1.165, 1.54) is 0 Å². The van der Waals surface area contributed by atoms with E-state index < -0.39 is 6.09 Å². The number of piperazine rings is 1. The average molecular weight is 531 g/mol. The number of nitrogens with zero attached hydrogens (tertiary/aromatic N) is 6. The van der Waals surface area contributed by atoms with Gasteiger partial charge < -0.3 is 23.8 Å². The molecular formula is C27H26N6O6. The van der Waals surface area contributed by atoms with Crippen molar-refractivity contribution >= 4 is 17.3 Å². The smallest absolute Gasteiger partial charge is 0.436 e. The Bertz CT molecular complexity index is 1460. The molecule has 2 aromatic heterocycles. The zero-order chi connectivity index (χ0) is 26.2. The minimum absolute atomic E-state index is 0.0499. The second-order valence-electron chi connectivity index (χ2n) is 9.55. The van der Waals surface area contributed by atoms with E-state index in [0.717, 1.165) is 38.6 Å². The summed E-state index contributed by atoms with van der Waals surface area (Å²) in [5.41, 5.74) is 5.23. The topological polar surface area (TPSA) is 113 Å². The molecule has 0 atom stereocenters. The molecule has 2 aromatic carbocycles. The molecule has 0 bridgehead atoms. The van der Waals surface area contributed by atoms with Crippen molar-refractivity contribution < 1.29 is 28.6 Å². The molecule has 200 valence electrons. The molecule has 1 fully saturated rings. The predicted octanol–water partition coefficient (Wildman–Crippen LogP) is 2.52. The number of hydrogen-bond acceptors (Lipinski definition) is 10. The molecule has 12 nitrogen and oxygen atoms in total. The molecule has 0 unspecified atom stereocenters. The molecule has 3 aliphatic rings. The fourth-order valence-corrected chi connectivity index (χ4v) is 5.27. The molecule has 7 rings (SSSR count). The molecule has 1 amide bonds. The van der Waals surface area contributed by atoms with Gasteiger partial charge in [-0.05, 0) is 57.6 Å². The number of pyridine rings is 1. The first kappa shape index (κ1) is 23.8. The van der Waals surface area contributed by atoms with E-state index in [0.29, 0.717) is 50.6 Å². The molecule has 12 heteroatoms. The maximum absolute atomic E-state index is 13.0. The van der Waals surface area contributed by atoms with Crippen LogP contribution in [0.4, 0.5) is 4.79 Å². The van der Waals surface area contributed by atoms with Crippen LogP contribution < -0.4 is 14.3 Å². The lowest BCUT2D eigenvalue weighted by Gasteiger charge is -2.39. The highest BCUT2D eigenvalue weighted by atomic mass is 16.7. The van der Waals surface area contributed by atoms with Gasteiger partial charge in [-0.15, -0.1) is 5.10 Å². The standard InChI is InChI=1S/C27H26N6O6/c34-27(39-33-26-22(29-30-33)2-1-7-28-26)32-10-8-31(9-11-32)25(18-3-5-23-20(12-18)14-35-16-37-23)19-4-6-24-21(13-19)15-36-17-38-24/h1-7,12-13,25H,8-11,14-17H2. The average Bonchev–Trinajstić information content (AvgIpc) is 3.40. The van der Waals surface area contributed by atoms with E-state index in [9.17, 15) is 4.79 Å². The van der Waals surface area contributed by atoms with Crippen LogP contribution in [0.3, 0.4) is 0 Å². The zero-order valence-corrected chi connectivity index (χ0v) is 21.1. The highest BCUT2D eigenvalue weighted by Gasteiger charge is 2.31. The lowest BCUT2D eigenvalue weighted by Crippen LogP contribution is -2.51. The Balaban J connectivity index is 1.12. The van der Waals surface area contributed by atoms with Crippen LogP contribution in [0.25, 0.3) is 11.2 Å². The number of carbonyl (C=O) groups is 1. The number of fused-ring (bicyclic) bond motifs is 3. The summed E-state index contributed by atoms with van der Waals surface area (Å²) in [7, 11) is 0. The Kier molecular flexibility index (Phi) is 6.19. The molecule has 0 saturated carbocycles. The lowest BCUT2D eigenvalue weighted by atomic mass is 9.93. The first-order chi connectivity index (χ1) is 19.2. The van der Waals surface area contributed by atoms with Gasteiger partial charge in [-0.1, -0.05) is 12.1 Å². The number of carbonyl (C=O) groups excluding carboxylic acids is 1. The van der Waals surface area contributed by atoms with Crippen LogP contribution in [0.5, 0.6) is 11.5 Å². The van der Waals surface area contributed by atoms with Crippen LogP contribution in [-0.4, -0.2) is 75.8 Å². The second kappa shape index (κ2) is 10.1. The van der Waals surface area contributed by atoms with Crippen molar-refractivity contribution in [1.29, 1.82) is 0 Å². The summed E-state index contributed by atoms with van der Waals surface area (Å²) in [5, 5.41) is 7.90. The van der Waals surface area contributed by atoms with Crippen LogP contribution >= 0.6 is 0 Å². The van der Waals surface area contributed by atoms with Gasteiger partial charge in [-0.2, -0.15) is 0 Å². The Morgan fingerprint density at radius 2 is 1.54 bits per heavy atom. The third kappa shape index (κ3) is 4.62. The van der Waals surface area contributed by atoms with Crippen molar-refractivity contribution in [3.8, 4) is 11.5 Å². The van der Waals surface area contributed by atoms with Crippen LogP contribution in [0, 0.1) is 0 Å². The van der Waals surface area contributed by atoms with Gasteiger partial charge in [0.15, 0.2) is 13.6 Å². The highest BCUT2D eigenvalue weighted by molar-refractivity contribution is 5.72. The SMILES string of the molecule is O=C(On1nnc2cccnc21)N1CCN(C(c2ccc3c(c2)COCO3)c2ccc3c(c2)COCO3)CC1. The second-order valence-corrected chi connectivity index (χ2v) is 9.55. The van der Waals surface area contributed by atoms with Gasteiger partial charge in [0.05, 0.1) is 19.3 Å². The monoisotopic (exact) mass is 530 g/mol. The van der Waals surface area contributed by atoms with Gasteiger partial charge in [0.25, 0.3) is 0 Å². The van der Waals surface area contributed by atoms with Gasteiger partial charge in [0.1, 0.15) is 17.0 Å². The Hall–Kier alpha value is -4.26. The summed E-state index contributed by atoms with van der Waals surface area (Å²) in [6, 6.07) is 16.0. The third-order valence-corrected chi connectivity index (χ3v) is 7.19. The summed E-state index contributed by atoms with van der Waals surface area (Å²) in [6.07, 6.45) is 1.11. The largest absolute Gasteiger partial charge is 0.467 e. The van der Waals surface area contributed by atoms with Crippen LogP contribution in [0.2, 0.25) is 0 Å². The maximum Gasteiger partial charge on any atom is 0.436 e. The van der Waals surface area contributed by atoms with Crippen LogP contribution in [0.1, 0.15) is 28.3 Å². The lowest BCUT2D eigenvalue weighted by molar-refractivity contribution is -0.0165. The van der Waals surface area contributed by atoms with E-state index in [2.05, 4.69) is 44.5 Å². The zero-order valence-electron chi connectivity index (χ0n) is 21.1. The van der Waals surface area contributed by atoms with Crippen LogP contribution in [-0.2, 0) is 22.7 Å². The van der Waals surface area contributed by atoms with E-state index in [1.54, 1.807) is 23.2 Å². The van der Waals surface area contributed by atoms with Gasteiger partial charge in [-0.25, -0.2) is 9.78 Å². The first-order valence-electron chi connectivity index (χ1n) is 12.8. The van der Waals surface area contributed by atoms with Gasteiger partial charge in [0, 0.05) is 43.5 Å². The number of rotatable bonds is 4. The first-order valence-corrected chi connectivity index (χ1v) is 12.8. The van der Waals surface area contributed by atoms with Crippen molar-refractivity contribution in [2.75, 3.05) is 39.8 Å². The summed E-state index contributed by atoms with van der Waals surface area (Å²) >= 11 is 0.